The Morgan fingerprint density at radius 1 is 1.05 bits per heavy atom. The maximum Gasteiger partial charge on any atom is 0.0484 e. The van der Waals surface area contributed by atoms with Gasteiger partial charge in [0.05, 0.1) is 0 Å². The lowest BCUT2D eigenvalue weighted by molar-refractivity contribution is 0.326. The maximum atomic E-state index is 6.20. The van der Waals surface area contributed by atoms with Crippen LogP contribution in [-0.2, 0) is 0 Å². The Balaban J connectivity index is 1.25. The van der Waals surface area contributed by atoms with Crippen LogP contribution in [0.5, 0.6) is 0 Å². The second kappa shape index (κ2) is 14.2. The van der Waals surface area contributed by atoms with E-state index in [1.165, 1.54) is 51.1 Å². The highest BCUT2D eigenvalue weighted by atomic mass is 15.0. The zero-order valence-corrected chi connectivity index (χ0v) is 24.5. The van der Waals surface area contributed by atoms with Gasteiger partial charge in [-0.1, -0.05) is 79.0 Å². The molecule has 0 radical (unpaired) electrons. The van der Waals surface area contributed by atoms with Crippen LogP contribution in [0.25, 0.3) is 0 Å². The Morgan fingerprint density at radius 3 is 2.76 bits per heavy atom. The third-order valence-electron chi connectivity index (χ3n) is 8.90. The average molecular weight is 547 g/mol. The Kier molecular flexibility index (Phi) is 9.98. The molecule has 0 spiro atoms. The summed E-state index contributed by atoms with van der Waals surface area (Å²) < 4.78 is 0. The van der Waals surface area contributed by atoms with Crippen LogP contribution < -0.4 is 21.7 Å². The molecule has 5 rings (SSSR count). The van der Waals surface area contributed by atoms with E-state index in [4.69, 9.17) is 5.73 Å². The van der Waals surface area contributed by atoms with Crippen molar-refractivity contribution in [2.24, 2.45) is 17.6 Å². The number of allylic oxidation sites excluding steroid dienone is 15. The van der Waals surface area contributed by atoms with Crippen molar-refractivity contribution in [3.8, 4) is 0 Å². The molecular formula is C37H46N4. The maximum absolute atomic E-state index is 6.20. The van der Waals surface area contributed by atoms with Gasteiger partial charge in [-0.05, 0) is 103 Å². The zero-order valence-electron chi connectivity index (χ0n) is 24.5. The molecule has 0 bridgehead atoms. The second-order valence-corrected chi connectivity index (χ2v) is 11.4. The van der Waals surface area contributed by atoms with E-state index in [-0.39, 0.29) is 0 Å². The van der Waals surface area contributed by atoms with Crippen molar-refractivity contribution in [3.63, 3.8) is 0 Å². The van der Waals surface area contributed by atoms with Gasteiger partial charge < -0.3 is 21.7 Å². The Bertz CT molecular complexity index is 1330. The number of dihydropyridines is 2. The normalized spacial score (nSPS) is 26.1. The van der Waals surface area contributed by atoms with Crippen molar-refractivity contribution in [1.82, 2.24) is 16.0 Å². The largest absolute Gasteiger partial charge is 0.391 e. The monoisotopic (exact) mass is 546 g/mol. The molecule has 3 heterocycles. The van der Waals surface area contributed by atoms with E-state index in [9.17, 15) is 0 Å². The number of fused-ring (bicyclic) bond motifs is 1. The van der Waals surface area contributed by atoms with Crippen molar-refractivity contribution in [2.75, 3.05) is 19.6 Å². The van der Waals surface area contributed by atoms with Gasteiger partial charge >= 0.3 is 0 Å². The van der Waals surface area contributed by atoms with Gasteiger partial charge in [-0.15, -0.1) is 0 Å². The summed E-state index contributed by atoms with van der Waals surface area (Å²) in [6.07, 6.45) is 39.5. The summed E-state index contributed by atoms with van der Waals surface area (Å²) in [4.78, 5) is 0. The van der Waals surface area contributed by atoms with Crippen LogP contribution in [-0.4, -0.2) is 25.7 Å². The summed E-state index contributed by atoms with van der Waals surface area (Å²) in [5.74, 6) is 0.930. The van der Waals surface area contributed by atoms with Crippen molar-refractivity contribution < 1.29 is 0 Å². The number of hydrogen-bond donors (Lipinski definition) is 4. The number of nitrogens with two attached hydrogens (primary N) is 1. The lowest BCUT2D eigenvalue weighted by Crippen LogP contribution is -2.41. The van der Waals surface area contributed by atoms with Crippen molar-refractivity contribution in [2.45, 2.75) is 51.5 Å². The molecule has 41 heavy (non-hydrogen) atoms. The van der Waals surface area contributed by atoms with E-state index in [2.05, 4.69) is 109 Å². The molecule has 4 heteroatoms. The Hall–Kier alpha value is -3.76. The van der Waals surface area contributed by atoms with Crippen LogP contribution >= 0.6 is 0 Å². The summed E-state index contributed by atoms with van der Waals surface area (Å²) in [7, 11) is 0. The predicted molar refractivity (Wildman–Crippen MR) is 175 cm³/mol. The molecule has 5 N–H and O–H groups in total. The van der Waals surface area contributed by atoms with E-state index in [1.807, 2.05) is 12.3 Å². The first-order valence-electron chi connectivity index (χ1n) is 15.3. The second-order valence-electron chi connectivity index (χ2n) is 11.4. The fourth-order valence-electron chi connectivity index (χ4n) is 6.62. The summed E-state index contributed by atoms with van der Waals surface area (Å²) in [6.45, 7) is 9.20. The quantitative estimate of drug-likeness (QED) is 0.226. The summed E-state index contributed by atoms with van der Waals surface area (Å²) >= 11 is 0. The van der Waals surface area contributed by atoms with Gasteiger partial charge in [0.2, 0.25) is 0 Å². The summed E-state index contributed by atoms with van der Waals surface area (Å²) in [5, 5.41) is 10.6. The van der Waals surface area contributed by atoms with Crippen molar-refractivity contribution in [3.05, 3.63) is 143 Å². The molecule has 3 unspecified atom stereocenters. The molecule has 0 aromatic carbocycles. The molecule has 2 aliphatic carbocycles. The van der Waals surface area contributed by atoms with Gasteiger partial charge in [0.15, 0.2) is 0 Å². The molecule has 3 atom stereocenters. The van der Waals surface area contributed by atoms with Crippen LogP contribution in [0.4, 0.5) is 0 Å². The number of nitrogens with one attached hydrogen (secondary N) is 3. The Labute approximate surface area is 247 Å². The highest BCUT2D eigenvalue weighted by Gasteiger charge is 2.35. The smallest absolute Gasteiger partial charge is 0.0484 e. The highest BCUT2D eigenvalue weighted by molar-refractivity contribution is 5.48. The molecular weight excluding hydrogens is 500 g/mol. The molecule has 5 aliphatic rings. The average Bonchev–Trinajstić information content (AvgIpc) is 3.04. The summed E-state index contributed by atoms with van der Waals surface area (Å²) in [5.41, 5.74) is 16.8. The minimum Gasteiger partial charge on any atom is -0.391 e. The topological polar surface area (TPSA) is 62.1 Å². The van der Waals surface area contributed by atoms with E-state index in [0.29, 0.717) is 24.4 Å². The third-order valence-corrected chi connectivity index (χ3v) is 8.90. The minimum atomic E-state index is 0.333. The predicted octanol–water partition coefficient (Wildman–Crippen LogP) is 6.88. The molecule has 4 nitrogen and oxygen atoms in total. The molecule has 0 saturated carbocycles. The van der Waals surface area contributed by atoms with E-state index < -0.39 is 0 Å². The van der Waals surface area contributed by atoms with E-state index in [0.717, 1.165) is 45.2 Å². The van der Waals surface area contributed by atoms with Gasteiger partial charge in [-0.2, -0.15) is 0 Å². The van der Waals surface area contributed by atoms with Crippen LogP contribution in [0.15, 0.2) is 143 Å². The minimum absolute atomic E-state index is 0.333. The van der Waals surface area contributed by atoms with Crippen LogP contribution in [0, 0.1) is 11.8 Å². The van der Waals surface area contributed by atoms with Crippen molar-refractivity contribution in [1.29, 1.82) is 0 Å². The molecule has 0 aromatic rings. The van der Waals surface area contributed by atoms with E-state index >= 15 is 0 Å². The zero-order chi connectivity index (χ0) is 28.4. The SMILES string of the molecule is C=C(CCC(=C\C)/C(=C/C=C/C1=CC=CNC1)CN)C1=C2C=CC=CC2C(C2C=CC=C(C3=CNCCC3)N2)CC1. The van der Waals surface area contributed by atoms with Gasteiger partial charge in [0, 0.05) is 43.5 Å². The van der Waals surface area contributed by atoms with Crippen molar-refractivity contribution >= 4 is 0 Å². The Morgan fingerprint density at radius 2 is 1.98 bits per heavy atom. The standard InChI is InChI=1S/C37H46N4/c1-3-29(30(24-38)12-6-10-28-11-8-22-39-25-28)19-18-27(2)32-20-21-35(34-15-5-4-14-33(32)34)37-17-7-16-36(41-37)31-13-9-23-40-26-31/h3-8,10-12,14-17,22,26,34-35,37,39-41H,2,9,13,18-21,23-25,38H2,1H3/b10-6+,29-3+,30-12+. The first-order chi connectivity index (χ1) is 20.2. The fraction of sp³-hybridized carbons (Fsp3) is 0.351. The van der Waals surface area contributed by atoms with Crippen LogP contribution in [0.1, 0.15) is 45.4 Å². The van der Waals surface area contributed by atoms with Crippen LogP contribution in [0.3, 0.4) is 0 Å². The molecule has 0 fully saturated rings. The summed E-state index contributed by atoms with van der Waals surface area (Å²) in [6, 6.07) is 0.333. The lowest BCUT2D eigenvalue weighted by atomic mass is 9.68. The molecule has 0 amide bonds. The first-order valence-corrected chi connectivity index (χ1v) is 15.3. The molecule has 0 aromatic heterocycles. The van der Waals surface area contributed by atoms with Crippen LogP contribution in [0.2, 0.25) is 0 Å². The van der Waals surface area contributed by atoms with Gasteiger partial charge in [-0.3, -0.25) is 0 Å². The molecule has 214 valence electrons. The fourth-order valence-corrected chi connectivity index (χ4v) is 6.62. The number of rotatable bonds is 10. The number of hydrogen-bond acceptors (Lipinski definition) is 4. The lowest BCUT2D eigenvalue weighted by Gasteiger charge is -2.40. The molecule has 0 saturated heterocycles. The molecule has 3 aliphatic heterocycles. The highest BCUT2D eigenvalue weighted by Crippen LogP contribution is 2.44. The van der Waals surface area contributed by atoms with Gasteiger partial charge in [0.1, 0.15) is 0 Å². The third kappa shape index (κ3) is 7.12. The van der Waals surface area contributed by atoms with Gasteiger partial charge in [-0.25, -0.2) is 0 Å². The van der Waals surface area contributed by atoms with E-state index in [1.54, 1.807) is 0 Å². The first kappa shape index (κ1) is 28.8. The van der Waals surface area contributed by atoms with Gasteiger partial charge in [0.25, 0.3) is 0 Å².